The molecule has 0 fully saturated rings. The summed E-state index contributed by atoms with van der Waals surface area (Å²) in [7, 11) is 1.66. The van der Waals surface area contributed by atoms with Crippen LogP contribution in [0.3, 0.4) is 0 Å². The Balaban J connectivity index is 2.10. The van der Waals surface area contributed by atoms with Gasteiger partial charge in [0.05, 0.1) is 19.8 Å². The van der Waals surface area contributed by atoms with Gasteiger partial charge in [-0.05, 0) is 24.6 Å². The first-order valence-corrected chi connectivity index (χ1v) is 6.46. The van der Waals surface area contributed by atoms with Gasteiger partial charge in [0.15, 0.2) is 0 Å². The van der Waals surface area contributed by atoms with Crippen molar-refractivity contribution in [2.75, 3.05) is 20.3 Å². The number of rotatable bonds is 5. The lowest BCUT2D eigenvalue weighted by Gasteiger charge is -2.28. The molecule has 2 rings (SSSR count). The van der Waals surface area contributed by atoms with Crippen LogP contribution in [0.5, 0.6) is 11.5 Å². The zero-order chi connectivity index (χ0) is 13.0. The topological polar surface area (TPSA) is 50.7 Å². The van der Waals surface area contributed by atoms with Crippen molar-refractivity contribution in [2.45, 2.75) is 31.9 Å². The van der Waals surface area contributed by atoms with Crippen LogP contribution in [-0.4, -0.2) is 31.5 Å². The largest absolute Gasteiger partial charge is 0.497 e. The number of methoxy groups -OCH3 is 1. The molecule has 0 bridgehead atoms. The lowest BCUT2D eigenvalue weighted by Crippen LogP contribution is -2.33. The number of benzene rings is 1. The molecule has 0 amide bonds. The van der Waals surface area contributed by atoms with E-state index in [1.165, 1.54) is 0 Å². The molecule has 2 unspecified atom stereocenters. The Morgan fingerprint density at radius 2 is 2.39 bits per heavy atom. The van der Waals surface area contributed by atoms with Crippen LogP contribution < -0.4 is 14.8 Å². The monoisotopic (exact) mass is 251 g/mol. The second-order valence-electron chi connectivity index (χ2n) is 4.56. The molecule has 1 heterocycles. The molecule has 1 aromatic rings. The molecule has 4 nitrogen and oxygen atoms in total. The second-order valence-corrected chi connectivity index (χ2v) is 4.56. The lowest BCUT2D eigenvalue weighted by atomic mass is 10.00. The lowest BCUT2D eigenvalue weighted by molar-refractivity contribution is 0.156. The van der Waals surface area contributed by atoms with Gasteiger partial charge in [0.25, 0.3) is 0 Å². The van der Waals surface area contributed by atoms with E-state index in [1.807, 2.05) is 25.1 Å². The van der Waals surface area contributed by atoms with Crippen molar-refractivity contribution in [2.24, 2.45) is 0 Å². The fraction of sp³-hybridized carbons (Fsp3) is 0.571. The molecular weight excluding hydrogens is 230 g/mol. The van der Waals surface area contributed by atoms with Gasteiger partial charge in [-0.3, -0.25) is 0 Å². The maximum absolute atomic E-state index is 9.62. The fourth-order valence-electron chi connectivity index (χ4n) is 2.13. The van der Waals surface area contributed by atoms with Crippen LogP contribution in [-0.2, 0) is 0 Å². The quantitative estimate of drug-likeness (QED) is 0.839. The van der Waals surface area contributed by atoms with E-state index in [4.69, 9.17) is 9.47 Å². The first-order valence-electron chi connectivity index (χ1n) is 6.46. The van der Waals surface area contributed by atoms with E-state index in [-0.39, 0.29) is 12.1 Å². The van der Waals surface area contributed by atoms with Crippen molar-refractivity contribution < 1.29 is 14.6 Å². The van der Waals surface area contributed by atoms with Gasteiger partial charge < -0.3 is 19.9 Å². The van der Waals surface area contributed by atoms with E-state index in [2.05, 4.69) is 5.32 Å². The molecule has 0 aliphatic carbocycles. The van der Waals surface area contributed by atoms with Gasteiger partial charge in [0.2, 0.25) is 0 Å². The molecule has 100 valence electrons. The molecule has 2 N–H and O–H groups in total. The highest BCUT2D eigenvalue weighted by atomic mass is 16.5. The number of ether oxygens (including phenoxy) is 2. The molecule has 4 heteroatoms. The minimum atomic E-state index is -0.290. The van der Waals surface area contributed by atoms with E-state index in [0.29, 0.717) is 13.2 Å². The van der Waals surface area contributed by atoms with Crippen molar-refractivity contribution in [3.63, 3.8) is 0 Å². The molecular formula is C14H21NO3. The van der Waals surface area contributed by atoms with Gasteiger partial charge >= 0.3 is 0 Å². The zero-order valence-corrected chi connectivity index (χ0v) is 11.0. The summed E-state index contributed by atoms with van der Waals surface area (Å²) in [6.45, 7) is 3.30. The van der Waals surface area contributed by atoms with Gasteiger partial charge in [-0.2, -0.15) is 0 Å². The summed E-state index contributed by atoms with van der Waals surface area (Å²) in [4.78, 5) is 0. The van der Waals surface area contributed by atoms with Crippen LogP contribution in [0.2, 0.25) is 0 Å². The van der Waals surface area contributed by atoms with Crippen molar-refractivity contribution in [1.82, 2.24) is 5.32 Å². The third kappa shape index (κ3) is 2.94. The van der Waals surface area contributed by atoms with E-state index in [1.54, 1.807) is 7.11 Å². The molecule has 1 aromatic carbocycles. The predicted octanol–water partition coefficient (Wildman–Crippen LogP) is 1.88. The van der Waals surface area contributed by atoms with Gasteiger partial charge in [0, 0.05) is 24.6 Å². The molecule has 0 aromatic heterocycles. The van der Waals surface area contributed by atoms with Gasteiger partial charge in [-0.15, -0.1) is 0 Å². The highest BCUT2D eigenvalue weighted by Gasteiger charge is 2.22. The Hall–Kier alpha value is -1.26. The molecule has 1 aliphatic heterocycles. The average molecular weight is 251 g/mol. The standard InChI is InChI=1S/C14H21NO3/c1-3-10(16)9-15-13-6-7-18-14-5-4-11(17-2)8-12(13)14/h4-5,8,10,13,15-16H,3,6-7,9H2,1-2H3. The summed E-state index contributed by atoms with van der Waals surface area (Å²) in [5, 5.41) is 13.0. The van der Waals surface area contributed by atoms with Crippen LogP contribution in [0.4, 0.5) is 0 Å². The summed E-state index contributed by atoms with van der Waals surface area (Å²) in [5.74, 6) is 1.74. The van der Waals surface area contributed by atoms with E-state index in [9.17, 15) is 5.11 Å². The number of nitrogens with one attached hydrogen (secondary N) is 1. The van der Waals surface area contributed by atoms with Crippen LogP contribution in [0.1, 0.15) is 31.4 Å². The Labute approximate surface area is 108 Å². The Morgan fingerprint density at radius 3 is 3.11 bits per heavy atom. The summed E-state index contributed by atoms with van der Waals surface area (Å²) in [6, 6.07) is 6.08. The minimum absolute atomic E-state index is 0.227. The fourth-order valence-corrected chi connectivity index (χ4v) is 2.13. The number of hydrogen-bond acceptors (Lipinski definition) is 4. The molecule has 0 radical (unpaired) electrons. The third-order valence-electron chi connectivity index (χ3n) is 3.33. The number of aliphatic hydroxyl groups excluding tert-OH is 1. The minimum Gasteiger partial charge on any atom is -0.497 e. The second kappa shape index (κ2) is 6.07. The summed E-state index contributed by atoms with van der Waals surface area (Å²) in [6.07, 6.45) is 1.39. The first-order chi connectivity index (χ1) is 8.74. The van der Waals surface area contributed by atoms with Gasteiger partial charge in [-0.25, -0.2) is 0 Å². The molecule has 0 saturated heterocycles. The number of aliphatic hydroxyl groups is 1. The Bertz CT molecular complexity index is 395. The van der Waals surface area contributed by atoms with Crippen molar-refractivity contribution >= 4 is 0 Å². The molecule has 2 atom stereocenters. The number of fused-ring (bicyclic) bond motifs is 1. The maximum atomic E-state index is 9.62. The predicted molar refractivity (Wildman–Crippen MR) is 70.1 cm³/mol. The summed E-state index contributed by atoms with van der Waals surface area (Å²) in [5.41, 5.74) is 1.11. The van der Waals surface area contributed by atoms with Crippen LogP contribution >= 0.6 is 0 Å². The average Bonchev–Trinajstić information content (AvgIpc) is 2.43. The molecule has 0 spiro atoms. The van der Waals surface area contributed by atoms with E-state index < -0.39 is 0 Å². The molecule has 18 heavy (non-hydrogen) atoms. The van der Waals surface area contributed by atoms with Gasteiger partial charge in [-0.1, -0.05) is 6.92 Å². The van der Waals surface area contributed by atoms with E-state index >= 15 is 0 Å². The van der Waals surface area contributed by atoms with Crippen molar-refractivity contribution in [1.29, 1.82) is 0 Å². The van der Waals surface area contributed by atoms with Crippen LogP contribution in [0.15, 0.2) is 18.2 Å². The smallest absolute Gasteiger partial charge is 0.124 e. The van der Waals surface area contributed by atoms with Gasteiger partial charge in [0.1, 0.15) is 11.5 Å². The zero-order valence-electron chi connectivity index (χ0n) is 11.0. The number of hydrogen-bond donors (Lipinski definition) is 2. The SMILES string of the molecule is CCC(O)CNC1CCOc2ccc(OC)cc21. The van der Waals surface area contributed by atoms with Crippen molar-refractivity contribution in [3.8, 4) is 11.5 Å². The Kier molecular flexibility index (Phi) is 4.44. The summed E-state index contributed by atoms with van der Waals surface area (Å²) < 4.78 is 10.9. The van der Waals surface area contributed by atoms with Crippen LogP contribution in [0.25, 0.3) is 0 Å². The highest BCUT2D eigenvalue weighted by molar-refractivity contribution is 5.43. The molecule has 1 aliphatic rings. The van der Waals surface area contributed by atoms with E-state index in [0.717, 1.165) is 29.9 Å². The maximum Gasteiger partial charge on any atom is 0.124 e. The normalized spacial score (nSPS) is 19.8. The summed E-state index contributed by atoms with van der Waals surface area (Å²) >= 11 is 0. The van der Waals surface area contributed by atoms with Crippen LogP contribution in [0, 0.1) is 0 Å². The Morgan fingerprint density at radius 1 is 1.56 bits per heavy atom. The highest BCUT2D eigenvalue weighted by Crippen LogP contribution is 2.34. The third-order valence-corrected chi connectivity index (χ3v) is 3.33. The first kappa shape index (κ1) is 13.2. The molecule has 0 saturated carbocycles. The van der Waals surface area contributed by atoms with Crippen molar-refractivity contribution in [3.05, 3.63) is 23.8 Å².